The Balaban J connectivity index is 1.87. The van der Waals surface area contributed by atoms with Crippen LogP contribution in [0.1, 0.15) is 18.5 Å². The van der Waals surface area contributed by atoms with Crippen LogP contribution in [0.2, 0.25) is 0 Å². The maximum Gasteiger partial charge on any atom is 0.319 e. The van der Waals surface area contributed by atoms with E-state index in [2.05, 4.69) is 20.9 Å². The highest BCUT2D eigenvalue weighted by Crippen LogP contribution is 2.08. The molecular weight excluding hydrogens is 276 g/mol. The monoisotopic (exact) mass is 292 g/mol. The van der Waals surface area contributed by atoms with Gasteiger partial charge in [0.1, 0.15) is 6.04 Å². The van der Waals surface area contributed by atoms with Gasteiger partial charge in [-0.25, -0.2) is 4.79 Å². The fourth-order valence-corrected chi connectivity index (χ4v) is 1.99. The molecule has 3 amide bonds. The second-order valence-electron chi connectivity index (χ2n) is 4.69. The molecular formula is C13H16N4O4. The third-order valence-corrected chi connectivity index (χ3v) is 3.01. The minimum atomic E-state index is -0.968. The minimum absolute atomic E-state index is 0.172. The summed E-state index contributed by atoms with van der Waals surface area (Å²) in [6.45, 7) is 0.633. The van der Waals surface area contributed by atoms with Crippen LogP contribution >= 0.6 is 0 Å². The van der Waals surface area contributed by atoms with Crippen LogP contribution in [-0.2, 0) is 16.0 Å². The zero-order valence-corrected chi connectivity index (χ0v) is 11.3. The van der Waals surface area contributed by atoms with Crippen LogP contribution in [0, 0.1) is 0 Å². The van der Waals surface area contributed by atoms with Crippen molar-refractivity contribution in [3.05, 3.63) is 24.0 Å². The molecule has 1 aromatic rings. The van der Waals surface area contributed by atoms with Gasteiger partial charge in [-0.05, 0) is 25.0 Å². The standard InChI is InChI=1S/C13H16N4O4/c18-11(19)6-8-3-4-9(7-15-8)16-13(21)17-10-2-1-5-14-12(10)20/h3-4,7,10H,1-2,5-6H2,(H,14,20)(H,18,19)(H2,16,17,21). The average molecular weight is 292 g/mol. The first-order chi connectivity index (χ1) is 10.0. The Morgan fingerprint density at radius 2 is 2.24 bits per heavy atom. The highest BCUT2D eigenvalue weighted by molar-refractivity contribution is 5.93. The van der Waals surface area contributed by atoms with Gasteiger partial charge in [0.25, 0.3) is 0 Å². The molecule has 0 radical (unpaired) electrons. The van der Waals surface area contributed by atoms with Crippen molar-refractivity contribution in [1.82, 2.24) is 15.6 Å². The van der Waals surface area contributed by atoms with Crippen LogP contribution in [0.25, 0.3) is 0 Å². The van der Waals surface area contributed by atoms with Gasteiger partial charge in [0.15, 0.2) is 0 Å². The number of carbonyl (C=O) groups is 3. The largest absolute Gasteiger partial charge is 0.481 e. The van der Waals surface area contributed by atoms with Crippen LogP contribution in [0.5, 0.6) is 0 Å². The molecule has 1 saturated heterocycles. The summed E-state index contributed by atoms with van der Waals surface area (Å²) in [7, 11) is 0. The number of aromatic nitrogens is 1. The quantitative estimate of drug-likeness (QED) is 0.627. The van der Waals surface area contributed by atoms with Crippen LogP contribution < -0.4 is 16.0 Å². The highest BCUT2D eigenvalue weighted by atomic mass is 16.4. The first kappa shape index (κ1) is 14.8. The van der Waals surface area contributed by atoms with Gasteiger partial charge in [-0.15, -0.1) is 0 Å². The fraction of sp³-hybridized carbons (Fsp3) is 0.385. The van der Waals surface area contributed by atoms with E-state index in [1.54, 1.807) is 6.07 Å². The number of rotatable bonds is 4. The van der Waals surface area contributed by atoms with Crippen molar-refractivity contribution in [2.75, 3.05) is 11.9 Å². The molecule has 1 atom stereocenters. The number of hydrogen-bond donors (Lipinski definition) is 4. The van der Waals surface area contributed by atoms with Crippen molar-refractivity contribution in [3.8, 4) is 0 Å². The van der Waals surface area contributed by atoms with E-state index in [1.165, 1.54) is 12.3 Å². The lowest BCUT2D eigenvalue weighted by Crippen LogP contribution is -2.51. The Kier molecular flexibility index (Phi) is 4.70. The average Bonchev–Trinajstić information content (AvgIpc) is 2.43. The van der Waals surface area contributed by atoms with Crippen molar-refractivity contribution >= 4 is 23.6 Å². The van der Waals surface area contributed by atoms with Gasteiger partial charge in [0, 0.05) is 6.54 Å². The van der Waals surface area contributed by atoms with Crippen molar-refractivity contribution in [2.24, 2.45) is 0 Å². The van der Waals surface area contributed by atoms with Crippen molar-refractivity contribution in [3.63, 3.8) is 0 Å². The number of piperidine rings is 1. The molecule has 4 N–H and O–H groups in total. The minimum Gasteiger partial charge on any atom is -0.481 e. The van der Waals surface area contributed by atoms with E-state index in [1.807, 2.05) is 0 Å². The third kappa shape index (κ3) is 4.44. The highest BCUT2D eigenvalue weighted by Gasteiger charge is 2.23. The van der Waals surface area contributed by atoms with Gasteiger partial charge in [-0.1, -0.05) is 0 Å². The molecule has 0 bridgehead atoms. The van der Waals surface area contributed by atoms with Crippen molar-refractivity contribution < 1.29 is 19.5 Å². The van der Waals surface area contributed by atoms with Gasteiger partial charge in [0.05, 0.1) is 24.0 Å². The molecule has 0 aliphatic carbocycles. The van der Waals surface area contributed by atoms with E-state index in [4.69, 9.17) is 5.11 Å². The van der Waals surface area contributed by atoms with Gasteiger partial charge < -0.3 is 21.1 Å². The molecule has 1 aromatic heterocycles. The Morgan fingerprint density at radius 3 is 2.86 bits per heavy atom. The molecule has 8 nitrogen and oxygen atoms in total. The zero-order chi connectivity index (χ0) is 15.2. The van der Waals surface area contributed by atoms with Crippen LogP contribution in [0.3, 0.4) is 0 Å². The van der Waals surface area contributed by atoms with E-state index in [-0.39, 0.29) is 12.3 Å². The summed E-state index contributed by atoms with van der Waals surface area (Å²) in [5.74, 6) is -1.16. The number of aliphatic carboxylic acids is 1. The van der Waals surface area contributed by atoms with E-state index >= 15 is 0 Å². The predicted octanol–water partition coefficient (Wildman–Crippen LogP) is 0.109. The first-order valence-corrected chi connectivity index (χ1v) is 6.56. The van der Waals surface area contributed by atoms with Crippen LogP contribution in [-0.4, -0.2) is 40.6 Å². The predicted molar refractivity (Wildman–Crippen MR) is 73.8 cm³/mol. The summed E-state index contributed by atoms with van der Waals surface area (Å²) in [5, 5.41) is 16.4. The molecule has 112 valence electrons. The molecule has 1 aliphatic heterocycles. The first-order valence-electron chi connectivity index (χ1n) is 6.56. The summed E-state index contributed by atoms with van der Waals surface area (Å²) in [4.78, 5) is 37.7. The van der Waals surface area contributed by atoms with Crippen LogP contribution in [0.15, 0.2) is 18.3 Å². The van der Waals surface area contributed by atoms with Gasteiger partial charge >= 0.3 is 12.0 Å². The smallest absolute Gasteiger partial charge is 0.319 e. The SMILES string of the molecule is O=C(O)Cc1ccc(NC(=O)NC2CCCNC2=O)cn1. The van der Waals surface area contributed by atoms with E-state index in [9.17, 15) is 14.4 Å². The maximum absolute atomic E-state index is 11.8. The van der Waals surface area contributed by atoms with Gasteiger partial charge in [0.2, 0.25) is 5.91 Å². The van der Waals surface area contributed by atoms with Crippen molar-refractivity contribution in [1.29, 1.82) is 0 Å². The Labute approximate surface area is 120 Å². The number of carboxylic acids is 1. The summed E-state index contributed by atoms with van der Waals surface area (Å²) in [5.41, 5.74) is 0.831. The Hall–Kier alpha value is -2.64. The number of nitrogens with one attached hydrogen (secondary N) is 3. The summed E-state index contributed by atoms with van der Waals surface area (Å²) >= 11 is 0. The number of carboxylic acid groups (broad SMARTS) is 1. The fourth-order valence-electron chi connectivity index (χ4n) is 1.99. The molecule has 2 heterocycles. The second-order valence-corrected chi connectivity index (χ2v) is 4.69. The number of urea groups is 1. The number of carbonyl (C=O) groups excluding carboxylic acids is 2. The maximum atomic E-state index is 11.8. The van der Waals surface area contributed by atoms with Gasteiger partial charge in [-0.3, -0.25) is 14.6 Å². The number of nitrogens with zero attached hydrogens (tertiary/aromatic N) is 1. The molecule has 0 spiro atoms. The van der Waals surface area contributed by atoms with Crippen LogP contribution in [0.4, 0.5) is 10.5 Å². The summed E-state index contributed by atoms with van der Waals surface area (Å²) < 4.78 is 0. The number of amides is 3. The lowest BCUT2D eigenvalue weighted by molar-refractivity contribution is -0.136. The van der Waals surface area contributed by atoms with E-state index in [0.29, 0.717) is 24.3 Å². The molecule has 1 unspecified atom stereocenters. The third-order valence-electron chi connectivity index (χ3n) is 3.01. The molecule has 2 rings (SSSR count). The Bertz CT molecular complexity index is 544. The van der Waals surface area contributed by atoms with E-state index in [0.717, 1.165) is 6.42 Å². The lowest BCUT2D eigenvalue weighted by Gasteiger charge is -2.22. The molecule has 21 heavy (non-hydrogen) atoms. The number of hydrogen-bond acceptors (Lipinski definition) is 4. The zero-order valence-electron chi connectivity index (χ0n) is 11.3. The molecule has 8 heteroatoms. The number of pyridine rings is 1. The van der Waals surface area contributed by atoms with Crippen molar-refractivity contribution in [2.45, 2.75) is 25.3 Å². The second kappa shape index (κ2) is 6.69. The van der Waals surface area contributed by atoms with E-state index < -0.39 is 18.0 Å². The normalized spacial score (nSPS) is 17.7. The summed E-state index contributed by atoms with van der Waals surface area (Å²) in [6.07, 6.45) is 2.63. The molecule has 0 aromatic carbocycles. The molecule has 0 saturated carbocycles. The lowest BCUT2D eigenvalue weighted by atomic mass is 10.1. The van der Waals surface area contributed by atoms with Gasteiger partial charge in [-0.2, -0.15) is 0 Å². The number of anilines is 1. The molecule has 1 fully saturated rings. The summed E-state index contributed by atoms with van der Waals surface area (Å²) in [6, 6.07) is 2.06. The Morgan fingerprint density at radius 1 is 1.43 bits per heavy atom. The molecule has 1 aliphatic rings. The topological polar surface area (TPSA) is 120 Å².